The van der Waals surface area contributed by atoms with Crippen LogP contribution in [0.5, 0.6) is 0 Å². The number of halogens is 1. The van der Waals surface area contributed by atoms with Crippen molar-refractivity contribution in [3.63, 3.8) is 0 Å². The maximum absolute atomic E-state index is 11.9. The van der Waals surface area contributed by atoms with Crippen molar-refractivity contribution < 1.29 is 0 Å². The number of nitrogens with one attached hydrogen (secondary N) is 1. The van der Waals surface area contributed by atoms with Crippen LogP contribution in [0.25, 0.3) is 11.0 Å². The summed E-state index contributed by atoms with van der Waals surface area (Å²) in [6.07, 6.45) is 7.96. The van der Waals surface area contributed by atoms with Crippen molar-refractivity contribution in [1.82, 2.24) is 14.5 Å². The van der Waals surface area contributed by atoms with Crippen LogP contribution in [0.4, 0.5) is 0 Å². The molecule has 1 N–H and O–H groups in total. The first kappa shape index (κ1) is 19.8. The SMILES string of the molecule is CCCCCCCCNCc1ccc2c(c1)n(C)c(=O)n2C.Cl. The number of benzene rings is 1. The first-order valence-electron chi connectivity index (χ1n) is 8.50. The van der Waals surface area contributed by atoms with Gasteiger partial charge < -0.3 is 5.32 Å². The second-order valence-corrected chi connectivity index (χ2v) is 6.17. The Morgan fingerprint density at radius 1 is 0.957 bits per heavy atom. The number of hydrogen-bond acceptors (Lipinski definition) is 2. The maximum Gasteiger partial charge on any atom is 0.328 e. The highest BCUT2D eigenvalue weighted by Crippen LogP contribution is 2.14. The van der Waals surface area contributed by atoms with Crippen LogP contribution in [0, 0.1) is 0 Å². The van der Waals surface area contributed by atoms with E-state index in [9.17, 15) is 4.79 Å². The van der Waals surface area contributed by atoms with Crippen molar-refractivity contribution in [3.8, 4) is 0 Å². The van der Waals surface area contributed by atoms with Gasteiger partial charge in [0, 0.05) is 20.6 Å². The van der Waals surface area contributed by atoms with Crippen molar-refractivity contribution in [2.45, 2.75) is 52.0 Å². The summed E-state index contributed by atoms with van der Waals surface area (Å²) in [5.41, 5.74) is 3.27. The second kappa shape index (κ2) is 9.78. The number of imidazole rings is 1. The highest BCUT2D eigenvalue weighted by molar-refractivity contribution is 5.85. The molecule has 0 atom stereocenters. The molecular weight excluding hydrogens is 310 g/mol. The maximum atomic E-state index is 11.9. The van der Waals surface area contributed by atoms with Gasteiger partial charge in [-0.25, -0.2) is 4.79 Å². The Bertz CT molecular complexity index is 660. The average Bonchev–Trinajstić information content (AvgIpc) is 2.74. The van der Waals surface area contributed by atoms with Gasteiger partial charge in [-0.15, -0.1) is 12.4 Å². The highest BCUT2D eigenvalue weighted by atomic mass is 35.5. The Labute approximate surface area is 145 Å². The first-order valence-corrected chi connectivity index (χ1v) is 8.50. The van der Waals surface area contributed by atoms with E-state index in [1.807, 2.05) is 20.2 Å². The molecule has 2 rings (SSSR count). The van der Waals surface area contributed by atoms with Gasteiger partial charge in [-0.3, -0.25) is 9.13 Å². The van der Waals surface area contributed by atoms with Gasteiger partial charge >= 0.3 is 5.69 Å². The topological polar surface area (TPSA) is 39.0 Å². The number of rotatable bonds is 9. The lowest BCUT2D eigenvalue weighted by Gasteiger charge is -2.06. The summed E-state index contributed by atoms with van der Waals surface area (Å²) < 4.78 is 3.41. The van der Waals surface area contributed by atoms with Crippen LogP contribution < -0.4 is 11.0 Å². The number of nitrogens with zero attached hydrogens (tertiary/aromatic N) is 2. The molecule has 1 aromatic heterocycles. The summed E-state index contributed by atoms with van der Waals surface area (Å²) in [6.45, 7) is 4.19. The normalized spacial score (nSPS) is 10.9. The van der Waals surface area contributed by atoms with Gasteiger partial charge in [0.1, 0.15) is 0 Å². The van der Waals surface area contributed by atoms with E-state index in [1.165, 1.54) is 44.1 Å². The molecule has 0 aliphatic carbocycles. The summed E-state index contributed by atoms with van der Waals surface area (Å²) in [5.74, 6) is 0. The summed E-state index contributed by atoms with van der Waals surface area (Å²) in [4.78, 5) is 11.9. The Morgan fingerprint density at radius 3 is 2.35 bits per heavy atom. The van der Waals surface area contributed by atoms with Crippen molar-refractivity contribution in [1.29, 1.82) is 0 Å². The van der Waals surface area contributed by atoms with Crippen LogP contribution >= 0.6 is 12.4 Å². The summed E-state index contributed by atoms with van der Waals surface area (Å²) in [5, 5.41) is 3.50. The van der Waals surface area contributed by atoms with E-state index < -0.39 is 0 Å². The Kier molecular flexibility index (Phi) is 8.42. The second-order valence-electron chi connectivity index (χ2n) is 6.17. The Morgan fingerprint density at radius 2 is 1.61 bits per heavy atom. The molecule has 0 saturated carbocycles. The van der Waals surface area contributed by atoms with E-state index in [-0.39, 0.29) is 18.1 Å². The quantitative estimate of drug-likeness (QED) is 0.707. The van der Waals surface area contributed by atoms with Crippen molar-refractivity contribution in [2.75, 3.05) is 6.54 Å². The fourth-order valence-electron chi connectivity index (χ4n) is 2.93. The van der Waals surface area contributed by atoms with Crippen LogP contribution in [-0.4, -0.2) is 15.7 Å². The molecule has 0 aliphatic heterocycles. The zero-order valence-electron chi connectivity index (χ0n) is 14.6. The molecule has 130 valence electrons. The predicted molar refractivity (Wildman–Crippen MR) is 100 cm³/mol. The predicted octanol–water partition coefficient (Wildman–Crippen LogP) is 3.75. The minimum absolute atomic E-state index is 0. The molecule has 4 nitrogen and oxygen atoms in total. The standard InChI is InChI=1S/C18H29N3O.ClH/c1-4-5-6-7-8-9-12-19-14-15-10-11-16-17(13-15)21(3)18(22)20(16)2;/h10-11,13,19H,4-9,12,14H2,1-3H3;1H. The monoisotopic (exact) mass is 339 g/mol. The Balaban J connectivity index is 0.00000264. The summed E-state index contributed by atoms with van der Waals surface area (Å²) in [7, 11) is 3.65. The van der Waals surface area contributed by atoms with Gasteiger partial charge in [-0.1, -0.05) is 45.1 Å². The molecule has 2 aromatic rings. The van der Waals surface area contributed by atoms with E-state index >= 15 is 0 Å². The van der Waals surface area contributed by atoms with E-state index in [2.05, 4.69) is 24.4 Å². The minimum atomic E-state index is 0. The Hall–Kier alpha value is -1.26. The molecule has 1 aromatic carbocycles. The van der Waals surface area contributed by atoms with Gasteiger partial charge in [-0.05, 0) is 30.7 Å². The van der Waals surface area contributed by atoms with Crippen molar-refractivity contribution in [2.24, 2.45) is 14.1 Å². The van der Waals surface area contributed by atoms with Crippen LogP contribution in [0.2, 0.25) is 0 Å². The van der Waals surface area contributed by atoms with Gasteiger partial charge in [0.15, 0.2) is 0 Å². The third-order valence-electron chi connectivity index (χ3n) is 4.37. The highest BCUT2D eigenvalue weighted by Gasteiger charge is 2.07. The first-order chi connectivity index (χ1) is 10.6. The summed E-state index contributed by atoms with van der Waals surface area (Å²) in [6, 6.07) is 6.26. The van der Waals surface area contributed by atoms with Crippen LogP contribution in [0.15, 0.2) is 23.0 Å². The smallest absolute Gasteiger partial charge is 0.313 e. The lowest BCUT2D eigenvalue weighted by molar-refractivity contribution is 0.572. The number of aromatic nitrogens is 2. The van der Waals surface area contributed by atoms with E-state index in [0.29, 0.717) is 0 Å². The third kappa shape index (κ3) is 5.11. The van der Waals surface area contributed by atoms with E-state index in [4.69, 9.17) is 0 Å². The molecule has 5 heteroatoms. The lowest BCUT2D eigenvalue weighted by atomic mass is 10.1. The van der Waals surface area contributed by atoms with Gasteiger partial charge in [0.2, 0.25) is 0 Å². The number of hydrogen-bond donors (Lipinski definition) is 1. The molecule has 0 fully saturated rings. The zero-order valence-corrected chi connectivity index (χ0v) is 15.4. The molecule has 1 heterocycles. The minimum Gasteiger partial charge on any atom is -0.313 e. The molecule has 0 bridgehead atoms. The molecule has 0 radical (unpaired) electrons. The molecule has 23 heavy (non-hydrogen) atoms. The number of fused-ring (bicyclic) bond motifs is 1. The fraction of sp³-hybridized carbons (Fsp3) is 0.611. The van der Waals surface area contributed by atoms with Crippen molar-refractivity contribution in [3.05, 3.63) is 34.2 Å². The number of unbranched alkanes of at least 4 members (excludes halogenated alkanes) is 5. The largest absolute Gasteiger partial charge is 0.328 e. The number of aryl methyl sites for hydroxylation is 2. The molecule has 0 saturated heterocycles. The summed E-state index contributed by atoms with van der Waals surface area (Å²) >= 11 is 0. The third-order valence-corrected chi connectivity index (χ3v) is 4.37. The van der Waals surface area contributed by atoms with Crippen LogP contribution in [0.3, 0.4) is 0 Å². The van der Waals surface area contributed by atoms with Crippen molar-refractivity contribution >= 4 is 23.4 Å². The lowest BCUT2D eigenvalue weighted by Crippen LogP contribution is -2.19. The fourth-order valence-corrected chi connectivity index (χ4v) is 2.93. The molecule has 0 spiro atoms. The van der Waals surface area contributed by atoms with Crippen LogP contribution in [0.1, 0.15) is 51.0 Å². The molecule has 0 aliphatic rings. The molecule has 0 unspecified atom stereocenters. The van der Waals surface area contributed by atoms with E-state index in [0.717, 1.165) is 24.1 Å². The average molecular weight is 340 g/mol. The van der Waals surface area contributed by atoms with Crippen LogP contribution in [-0.2, 0) is 20.6 Å². The van der Waals surface area contributed by atoms with Gasteiger partial charge in [0.25, 0.3) is 0 Å². The molecular formula is C18H30ClN3O. The van der Waals surface area contributed by atoms with E-state index in [1.54, 1.807) is 9.13 Å². The van der Waals surface area contributed by atoms with Gasteiger partial charge in [0.05, 0.1) is 11.0 Å². The molecule has 0 amide bonds. The van der Waals surface area contributed by atoms with Gasteiger partial charge in [-0.2, -0.15) is 0 Å². The zero-order chi connectivity index (χ0) is 15.9.